The predicted octanol–water partition coefficient (Wildman–Crippen LogP) is 4.98. The molecule has 0 saturated heterocycles. The maximum atomic E-state index is 11.3. The molecule has 0 aromatic heterocycles. The van der Waals surface area contributed by atoms with Crippen LogP contribution in [0.15, 0.2) is 12.1 Å². The van der Waals surface area contributed by atoms with Crippen molar-refractivity contribution in [2.75, 3.05) is 13.2 Å². The molecule has 118 valence electrons. The highest BCUT2D eigenvalue weighted by molar-refractivity contribution is 5.80. The van der Waals surface area contributed by atoms with Crippen molar-refractivity contribution in [2.24, 2.45) is 0 Å². The van der Waals surface area contributed by atoms with Gasteiger partial charge in [0.05, 0.1) is 18.8 Å². The summed E-state index contributed by atoms with van der Waals surface area (Å²) in [6.45, 7) is 9.80. The van der Waals surface area contributed by atoms with Crippen molar-refractivity contribution in [3.63, 3.8) is 0 Å². The predicted molar refractivity (Wildman–Crippen MR) is 86.7 cm³/mol. The molecule has 0 saturated carbocycles. The lowest BCUT2D eigenvalue weighted by molar-refractivity contribution is 0.111. The highest BCUT2D eigenvalue weighted by Crippen LogP contribution is 2.33. The molecule has 0 aliphatic heterocycles. The minimum Gasteiger partial charge on any atom is -0.493 e. The van der Waals surface area contributed by atoms with E-state index in [-0.39, 0.29) is 0 Å². The van der Waals surface area contributed by atoms with Crippen LogP contribution in [0.1, 0.15) is 75.2 Å². The van der Waals surface area contributed by atoms with Crippen LogP contribution >= 0.6 is 0 Å². The van der Waals surface area contributed by atoms with Crippen LogP contribution in [0.3, 0.4) is 0 Å². The monoisotopic (exact) mass is 292 g/mol. The number of hydrogen-bond donors (Lipinski definition) is 0. The molecule has 0 radical (unpaired) electrons. The van der Waals surface area contributed by atoms with Crippen LogP contribution in [0.5, 0.6) is 11.5 Å². The Morgan fingerprint density at radius 1 is 1.00 bits per heavy atom. The molecule has 21 heavy (non-hydrogen) atoms. The SMILES string of the molecule is CCCCOc1cc(OCCCC)c(C(C)C)cc1C=O. The van der Waals surface area contributed by atoms with E-state index in [0.717, 1.165) is 43.3 Å². The van der Waals surface area contributed by atoms with E-state index in [1.54, 1.807) is 0 Å². The summed E-state index contributed by atoms with van der Waals surface area (Å²) in [5.74, 6) is 1.79. The molecule has 0 heterocycles. The largest absolute Gasteiger partial charge is 0.493 e. The van der Waals surface area contributed by atoms with E-state index >= 15 is 0 Å². The zero-order valence-corrected chi connectivity index (χ0v) is 13.8. The van der Waals surface area contributed by atoms with Crippen LogP contribution in [0.25, 0.3) is 0 Å². The molecule has 1 rings (SSSR count). The fourth-order valence-electron chi connectivity index (χ4n) is 2.04. The van der Waals surface area contributed by atoms with Crippen LogP contribution < -0.4 is 9.47 Å². The first-order chi connectivity index (χ1) is 10.1. The van der Waals surface area contributed by atoms with Gasteiger partial charge >= 0.3 is 0 Å². The molecule has 0 amide bonds. The normalized spacial score (nSPS) is 10.7. The van der Waals surface area contributed by atoms with Crippen molar-refractivity contribution in [2.45, 2.75) is 59.3 Å². The molecule has 3 nitrogen and oxygen atoms in total. The molecular formula is C18H28O3. The number of benzene rings is 1. The number of rotatable bonds is 10. The van der Waals surface area contributed by atoms with Crippen molar-refractivity contribution >= 4 is 6.29 Å². The molecule has 0 atom stereocenters. The van der Waals surface area contributed by atoms with E-state index in [1.165, 1.54) is 0 Å². The van der Waals surface area contributed by atoms with Crippen molar-refractivity contribution in [3.8, 4) is 11.5 Å². The number of unbranched alkanes of at least 4 members (excludes halogenated alkanes) is 2. The second-order valence-corrected chi connectivity index (χ2v) is 5.60. The Bertz CT molecular complexity index is 438. The summed E-state index contributed by atoms with van der Waals surface area (Å²) in [4.78, 5) is 11.3. The first-order valence-corrected chi connectivity index (χ1v) is 8.02. The summed E-state index contributed by atoms with van der Waals surface area (Å²) in [7, 11) is 0. The van der Waals surface area contributed by atoms with Gasteiger partial charge in [-0.05, 0) is 30.4 Å². The van der Waals surface area contributed by atoms with Crippen molar-refractivity contribution in [1.82, 2.24) is 0 Å². The van der Waals surface area contributed by atoms with Gasteiger partial charge in [-0.1, -0.05) is 40.5 Å². The molecule has 0 aliphatic carbocycles. The maximum absolute atomic E-state index is 11.3. The molecule has 0 N–H and O–H groups in total. The zero-order valence-electron chi connectivity index (χ0n) is 13.8. The van der Waals surface area contributed by atoms with E-state index in [0.29, 0.717) is 30.4 Å². The lowest BCUT2D eigenvalue weighted by Gasteiger charge is -2.17. The number of aldehydes is 1. The van der Waals surface area contributed by atoms with Gasteiger partial charge < -0.3 is 9.47 Å². The first kappa shape index (κ1) is 17.5. The fraction of sp³-hybridized carbons (Fsp3) is 0.611. The van der Waals surface area contributed by atoms with Gasteiger partial charge in [-0.25, -0.2) is 0 Å². The van der Waals surface area contributed by atoms with Gasteiger partial charge in [-0.15, -0.1) is 0 Å². The molecule has 3 heteroatoms. The summed E-state index contributed by atoms with van der Waals surface area (Å²) in [6, 6.07) is 3.78. The Morgan fingerprint density at radius 3 is 2.05 bits per heavy atom. The average Bonchev–Trinajstić information content (AvgIpc) is 2.47. The Balaban J connectivity index is 3.00. The van der Waals surface area contributed by atoms with Gasteiger partial charge in [0.2, 0.25) is 0 Å². The lowest BCUT2D eigenvalue weighted by Crippen LogP contribution is -2.05. The summed E-state index contributed by atoms with van der Waals surface area (Å²) < 4.78 is 11.6. The molecule has 0 unspecified atom stereocenters. The van der Waals surface area contributed by atoms with Gasteiger partial charge in [0.1, 0.15) is 11.5 Å². The van der Waals surface area contributed by atoms with Gasteiger partial charge in [0.15, 0.2) is 6.29 Å². The summed E-state index contributed by atoms with van der Waals surface area (Å²) in [6.07, 6.45) is 5.04. The van der Waals surface area contributed by atoms with Crippen molar-refractivity contribution in [1.29, 1.82) is 0 Å². The molecule has 0 aliphatic rings. The Morgan fingerprint density at radius 2 is 1.57 bits per heavy atom. The second-order valence-electron chi connectivity index (χ2n) is 5.60. The summed E-state index contributed by atoms with van der Waals surface area (Å²) >= 11 is 0. The zero-order chi connectivity index (χ0) is 15.7. The Labute approximate surface area is 128 Å². The summed E-state index contributed by atoms with van der Waals surface area (Å²) in [5.41, 5.74) is 1.67. The molecular weight excluding hydrogens is 264 g/mol. The maximum Gasteiger partial charge on any atom is 0.153 e. The van der Waals surface area contributed by atoms with Crippen LogP contribution in [0.2, 0.25) is 0 Å². The van der Waals surface area contributed by atoms with Gasteiger partial charge in [-0.2, -0.15) is 0 Å². The van der Waals surface area contributed by atoms with E-state index < -0.39 is 0 Å². The number of carbonyl (C=O) groups excluding carboxylic acids is 1. The van der Waals surface area contributed by atoms with E-state index in [1.807, 2.05) is 12.1 Å². The highest BCUT2D eigenvalue weighted by atomic mass is 16.5. The number of ether oxygens (including phenoxy) is 2. The molecule has 1 aromatic rings. The summed E-state index contributed by atoms with van der Waals surface area (Å²) in [5, 5.41) is 0. The van der Waals surface area contributed by atoms with Gasteiger partial charge in [-0.3, -0.25) is 4.79 Å². The smallest absolute Gasteiger partial charge is 0.153 e. The first-order valence-electron chi connectivity index (χ1n) is 8.02. The third-order valence-electron chi connectivity index (χ3n) is 3.40. The Kier molecular flexibility index (Phi) is 7.88. The van der Waals surface area contributed by atoms with E-state index in [2.05, 4.69) is 27.7 Å². The number of hydrogen-bond acceptors (Lipinski definition) is 3. The van der Waals surface area contributed by atoms with Crippen molar-refractivity contribution < 1.29 is 14.3 Å². The van der Waals surface area contributed by atoms with Crippen LogP contribution in [-0.4, -0.2) is 19.5 Å². The van der Waals surface area contributed by atoms with E-state index in [9.17, 15) is 4.79 Å². The van der Waals surface area contributed by atoms with Crippen molar-refractivity contribution in [3.05, 3.63) is 23.3 Å². The van der Waals surface area contributed by atoms with Crippen LogP contribution in [0, 0.1) is 0 Å². The third-order valence-corrected chi connectivity index (χ3v) is 3.40. The van der Waals surface area contributed by atoms with Gasteiger partial charge in [0.25, 0.3) is 0 Å². The van der Waals surface area contributed by atoms with E-state index in [4.69, 9.17) is 9.47 Å². The second kappa shape index (κ2) is 9.43. The standard InChI is InChI=1S/C18H28O3/c1-5-7-9-20-17-12-18(21-10-8-6-2)16(14(3)4)11-15(17)13-19/h11-14H,5-10H2,1-4H3. The highest BCUT2D eigenvalue weighted by Gasteiger charge is 2.14. The quantitative estimate of drug-likeness (QED) is 0.450. The Hall–Kier alpha value is -1.51. The molecule has 0 fully saturated rings. The molecule has 0 spiro atoms. The minimum absolute atomic E-state index is 0.310. The van der Waals surface area contributed by atoms with Crippen LogP contribution in [-0.2, 0) is 0 Å². The van der Waals surface area contributed by atoms with Crippen LogP contribution in [0.4, 0.5) is 0 Å². The molecule has 0 bridgehead atoms. The lowest BCUT2D eigenvalue weighted by atomic mass is 9.99. The van der Waals surface area contributed by atoms with Gasteiger partial charge in [0, 0.05) is 6.07 Å². The third kappa shape index (κ3) is 5.41. The minimum atomic E-state index is 0.310. The molecule has 1 aromatic carbocycles. The average molecular weight is 292 g/mol. The topological polar surface area (TPSA) is 35.5 Å². The number of carbonyl (C=O) groups is 1. The fourth-order valence-corrected chi connectivity index (χ4v) is 2.04.